The van der Waals surface area contributed by atoms with E-state index in [0.717, 1.165) is 25.3 Å². The zero-order valence-electron chi connectivity index (χ0n) is 12.0. The van der Waals surface area contributed by atoms with E-state index in [-0.39, 0.29) is 12.1 Å². The zero-order valence-corrected chi connectivity index (χ0v) is 12.8. The summed E-state index contributed by atoms with van der Waals surface area (Å²) in [7, 11) is 0. The van der Waals surface area contributed by atoms with Gasteiger partial charge in [0.25, 0.3) is 0 Å². The molecule has 1 fully saturated rings. The van der Waals surface area contributed by atoms with Crippen LogP contribution in [-0.4, -0.2) is 17.3 Å². The van der Waals surface area contributed by atoms with Crippen molar-refractivity contribution in [2.24, 2.45) is 5.92 Å². The molecule has 0 bridgehead atoms. The summed E-state index contributed by atoms with van der Waals surface area (Å²) in [6, 6.07) is 4.26. The zero-order chi connectivity index (χ0) is 13.6. The molecule has 2 rings (SSSR count). The monoisotopic (exact) mass is 281 g/mol. The van der Waals surface area contributed by atoms with Crippen LogP contribution in [0.1, 0.15) is 56.7 Å². The second-order valence-electron chi connectivity index (χ2n) is 5.96. The van der Waals surface area contributed by atoms with Gasteiger partial charge in [-0.3, -0.25) is 0 Å². The molecule has 1 saturated carbocycles. The minimum absolute atomic E-state index is 0.0352. The first-order valence-corrected chi connectivity index (χ1v) is 8.54. The number of thiophene rings is 1. The van der Waals surface area contributed by atoms with Gasteiger partial charge in [0.2, 0.25) is 0 Å². The molecule has 1 heterocycles. The van der Waals surface area contributed by atoms with E-state index in [0.29, 0.717) is 0 Å². The minimum atomic E-state index is -0.0352. The van der Waals surface area contributed by atoms with Crippen LogP contribution in [0.2, 0.25) is 0 Å². The molecule has 2 nitrogen and oxygen atoms in total. The Hall–Kier alpha value is -0.380. The normalized spacial score (nSPS) is 28.2. The molecule has 0 spiro atoms. The fourth-order valence-electron chi connectivity index (χ4n) is 3.25. The van der Waals surface area contributed by atoms with Crippen molar-refractivity contribution in [2.45, 2.75) is 64.0 Å². The lowest BCUT2D eigenvalue weighted by Gasteiger charge is -2.32. The molecule has 2 atom stereocenters. The second kappa shape index (κ2) is 7.41. The van der Waals surface area contributed by atoms with Gasteiger partial charge in [0.1, 0.15) is 0 Å². The minimum Gasteiger partial charge on any atom is -0.394 e. The van der Waals surface area contributed by atoms with Crippen LogP contribution < -0.4 is 5.32 Å². The largest absolute Gasteiger partial charge is 0.394 e. The van der Waals surface area contributed by atoms with Crippen molar-refractivity contribution in [1.82, 2.24) is 5.32 Å². The highest BCUT2D eigenvalue weighted by Crippen LogP contribution is 2.32. The number of hydrogen-bond donors (Lipinski definition) is 2. The number of aliphatic hydroxyl groups is 1. The van der Waals surface area contributed by atoms with Gasteiger partial charge in [0.05, 0.1) is 6.61 Å². The Bertz CT molecular complexity index is 352. The predicted octanol–water partition coefficient (Wildman–Crippen LogP) is 3.95. The topological polar surface area (TPSA) is 32.3 Å². The Labute approximate surface area is 121 Å². The Morgan fingerprint density at radius 1 is 1.42 bits per heavy atom. The van der Waals surface area contributed by atoms with Gasteiger partial charge in [-0.05, 0) is 36.6 Å². The molecule has 1 aromatic rings. The second-order valence-corrected chi connectivity index (χ2v) is 6.99. The van der Waals surface area contributed by atoms with E-state index in [9.17, 15) is 5.11 Å². The molecule has 108 valence electrons. The lowest BCUT2D eigenvalue weighted by atomic mass is 9.89. The number of nitrogens with one attached hydrogen (secondary N) is 1. The summed E-state index contributed by atoms with van der Waals surface area (Å²) >= 11 is 1.79. The Kier molecular flexibility index (Phi) is 5.86. The molecule has 1 aliphatic rings. The molecule has 0 saturated heterocycles. The first-order chi connectivity index (χ1) is 9.28. The highest BCUT2D eigenvalue weighted by atomic mass is 32.1. The number of rotatable bonds is 6. The Morgan fingerprint density at radius 3 is 3.00 bits per heavy atom. The fourth-order valence-corrected chi connectivity index (χ4v) is 3.90. The third-order valence-corrected chi connectivity index (χ3v) is 5.39. The molecule has 1 aromatic heterocycles. The molecule has 19 heavy (non-hydrogen) atoms. The summed E-state index contributed by atoms with van der Waals surface area (Å²) in [6.07, 6.45) is 8.76. The SMILES string of the molecule is CCCC1CCCC(CO)(NCc2cccs2)CC1. The van der Waals surface area contributed by atoms with E-state index in [1.165, 1.54) is 37.0 Å². The molecule has 1 aliphatic carbocycles. The van der Waals surface area contributed by atoms with E-state index in [1.54, 1.807) is 11.3 Å². The Balaban J connectivity index is 1.90. The highest BCUT2D eigenvalue weighted by molar-refractivity contribution is 7.09. The van der Waals surface area contributed by atoms with Gasteiger partial charge in [-0.25, -0.2) is 0 Å². The third kappa shape index (κ3) is 4.30. The van der Waals surface area contributed by atoms with Crippen LogP contribution >= 0.6 is 11.3 Å². The van der Waals surface area contributed by atoms with Crippen LogP contribution in [0.5, 0.6) is 0 Å². The standard InChI is InChI=1S/C16H27NOS/c1-2-5-14-6-3-9-16(13-18,10-8-14)17-12-15-7-4-11-19-15/h4,7,11,14,17-18H,2-3,5-6,8-10,12-13H2,1H3. The van der Waals surface area contributed by atoms with Gasteiger partial charge in [-0.15, -0.1) is 11.3 Å². The van der Waals surface area contributed by atoms with Crippen LogP contribution in [0.15, 0.2) is 17.5 Å². The molecule has 0 aliphatic heterocycles. The lowest BCUT2D eigenvalue weighted by molar-refractivity contribution is 0.141. The van der Waals surface area contributed by atoms with Crippen molar-refractivity contribution < 1.29 is 5.11 Å². The summed E-state index contributed by atoms with van der Waals surface area (Å²) in [4.78, 5) is 1.36. The molecule has 3 heteroatoms. The average Bonchev–Trinajstić information content (AvgIpc) is 2.87. The van der Waals surface area contributed by atoms with Crippen LogP contribution in [0, 0.1) is 5.92 Å². The molecule has 0 aromatic carbocycles. The fraction of sp³-hybridized carbons (Fsp3) is 0.750. The smallest absolute Gasteiger partial charge is 0.0613 e. The average molecular weight is 281 g/mol. The van der Waals surface area contributed by atoms with Crippen molar-refractivity contribution in [3.63, 3.8) is 0 Å². The molecule has 0 radical (unpaired) electrons. The quantitative estimate of drug-likeness (QED) is 0.774. The van der Waals surface area contributed by atoms with Crippen LogP contribution in [0.4, 0.5) is 0 Å². The van der Waals surface area contributed by atoms with Crippen molar-refractivity contribution >= 4 is 11.3 Å². The Morgan fingerprint density at radius 2 is 2.32 bits per heavy atom. The number of hydrogen-bond acceptors (Lipinski definition) is 3. The van der Waals surface area contributed by atoms with Crippen LogP contribution in [0.25, 0.3) is 0 Å². The number of aliphatic hydroxyl groups excluding tert-OH is 1. The van der Waals surface area contributed by atoms with Crippen molar-refractivity contribution in [2.75, 3.05) is 6.61 Å². The van der Waals surface area contributed by atoms with Crippen LogP contribution in [0.3, 0.4) is 0 Å². The van der Waals surface area contributed by atoms with E-state index >= 15 is 0 Å². The van der Waals surface area contributed by atoms with E-state index in [4.69, 9.17) is 0 Å². The lowest BCUT2D eigenvalue weighted by Crippen LogP contribution is -2.47. The molecular formula is C16H27NOS. The maximum Gasteiger partial charge on any atom is 0.0613 e. The van der Waals surface area contributed by atoms with E-state index < -0.39 is 0 Å². The maximum atomic E-state index is 9.85. The van der Waals surface area contributed by atoms with Crippen molar-refractivity contribution in [3.8, 4) is 0 Å². The van der Waals surface area contributed by atoms with Gasteiger partial charge in [-0.2, -0.15) is 0 Å². The molecule has 2 unspecified atom stereocenters. The third-order valence-electron chi connectivity index (χ3n) is 4.52. The van der Waals surface area contributed by atoms with Gasteiger partial charge < -0.3 is 10.4 Å². The first-order valence-electron chi connectivity index (χ1n) is 7.66. The van der Waals surface area contributed by atoms with Gasteiger partial charge in [0, 0.05) is 17.0 Å². The summed E-state index contributed by atoms with van der Waals surface area (Å²) < 4.78 is 0. The van der Waals surface area contributed by atoms with Crippen molar-refractivity contribution in [3.05, 3.63) is 22.4 Å². The summed E-state index contributed by atoms with van der Waals surface area (Å²) in [5, 5.41) is 15.6. The molecular weight excluding hydrogens is 254 g/mol. The summed E-state index contributed by atoms with van der Waals surface area (Å²) in [5.41, 5.74) is -0.0352. The van der Waals surface area contributed by atoms with Crippen molar-refractivity contribution in [1.29, 1.82) is 0 Å². The van der Waals surface area contributed by atoms with Gasteiger partial charge in [0.15, 0.2) is 0 Å². The summed E-state index contributed by atoms with van der Waals surface area (Å²) in [6.45, 7) is 3.45. The molecule has 2 N–H and O–H groups in total. The first kappa shape index (κ1) is 15.0. The molecule has 0 amide bonds. The van der Waals surface area contributed by atoms with E-state index in [2.05, 4.69) is 29.8 Å². The summed E-state index contributed by atoms with van der Waals surface area (Å²) in [5.74, 6) is 0.877. The maximum absolute atomic E-state index is 9.85. The highest BCUT2D eigenvalue weighted by Gasteiger charge is 2.31. The predicted molar refractivity (Wildman–Crippen MR) is 82.5 cm³/mol. The van der Waals surface area contributed by atoms with Gasteiger partial charge in [-0.1, -0.05) is 38.7 Å². The van der Waals surface area contributed by atoms with Gasteiger partial charge >= 0.3 is 0 Å². The van der Waals surface area contributed by atoms with Crippen LogP contribution in [-0.2, 0) is 6.54 Å². The van der Waals surface area contributed by atoms with E-state index in [1.807, 2.05) is 0 Å².